The molecule has 2 atom stereocenters. The average molecular weight is 243 g/mol. The molecule has 0 aromatic carbocycles. The first kappa shape index (κ1) is 13.4. The Hall–Kier alpha value is -1.63. The summed E-state index contributed by atoms with van der Waals surface area (Å²) in [5.74, 6) is -1.85. The zero-order chi connectivity index (χ0) is 13.0. The van der Waals surface area contributed by atoms with Crippen LogP contribution in [0.1, 0.15) is 13.8 Å². The normalized spacial score (nSPS) is 21.8. The van der Waals surface area contributed by atoms with Gasteiger partial charge in [-0.1, -0.05) is 13.8 Å². The van der Waals surface area contributed by atoms with Crippen molar-refractivity contribution >= 4 is 17.8 Å². The first-order chi connectivity index (χ1) is 7.91. The number of rotatable bonds is 4. The molecule has 1 saturated heterocycles. The Labute approximate surface area is 98.9 Å². The van der Waals surface area contributed by atoms with E-state index in [1.54, 1.807) is 13.8 Å². The van der Waals surface area contributed by atoms with Crippen molar-refractivity contribution in [2.45, 2.75) is 25.9 Å². The van der Waals surface area contributed by atoms with Crippen LogP contribution < -0.4 is 16.0 Å². The highest BCUT2D eigenvalue weighted by atomic mass is 16.4. The largest absolute Gasteiger partial charge is 0.480 e. The number of piperazine rings is 1. The third-order valence-electron chi connectivity index (χ3n) is 2.56. The number of hydrogen-bond donors (Lipinski definition) is 4. The second kappa shape index (κ2) is 5.62. The zero-order valence-corrected chi connectivity index (χ0v) is 9.82. The van der Waals surface area contributed by atoms with E-state index in [2.05, 4.69) is 16.0 Å². The van der Waals surface area contributed by atoms with Crippen LogP contribution in [0, 0.1) is 5.92 Å². The average Bonchev–Trinajstić information content (AvgIpc) is 2.25. The lowest BCUT2D eigenvalue weighted by molar-refractivity contribution is -0.143. The minimum atomic E-state index is -1.06. The maximum Gasteiger partial charge on any atom is 0.326 e. The summed E-state index contributed by atoms with van der Waals surface area (Å²) in [5, 5.41) is 16.6. The van der Waals surface area contributed by atoms with Crippen molar-refractivity contribution in [1.82, 2.24) is 16.0 Å². The molecule has 1 aliphatic heterocycles. The fraction of sp³-hybridized carbons (Fsp3) is 0.700. The number of aliphatic carboxylic acids is 1. The maximum absolute atomic E-state index is 11.7. The molecule has 0 radical (unpaired) electrons. The van der Waals surface area contributed by atoms with E-state index >= 15 is 0 Å². The molecule has 7 heteroatoms. The van der Waals surface area contributed by atoms with Crippen molar-refractivity contribution in [3.8, 4) is 0 Å². The highest BCUT2D eigenvalue weighted by molar-refractivity contribution is 5.89. The van der Waals surface area contributed by atoms with Crippen LogP contribution in [-0.2, 0) is 14.4 Å². The quantitative estimate of drug-likeness (QED) is 0.471. The van der Waals surface area contributed by atoms with Crippen molar-refractivity contribution in [2.24, 2.45) is 5.92 Å². The van der Waals surface area contributed by atoms with E-state index in [1.807, 2.05) is 0 Å². The fourth-order valence-electron chi connectivity index (χ4n) is 1.52. The van der Waals surface area contributed by atoms with Gasteiger partial charge in [0.05, 0.1) is 6.54 Å². The van der Waals surface area contributed by atoms with Crippen LogP contribution in [0.2, 0.25) is 0 Å². The summed E-state index contributed by atoms with van der Waals surface area (Å²) >= 11 is 0. The minimum Gasteiger partial charge on any atom is -0.480 e. The van der Waals surface area contributed by atoms with Crippen molar-refractivity contribution in [2.75, 3.05) is 13.1 Å². The molecule has 0 saturated carbocycles. The summed E-state index contributed by atoms with van der Waals surface area (Å²) < 4.78 is 0. The Kier molecular flexibility index (Phi) is 4.45. The molecule has 7 nitrogen and oxygen atoms in total. The van der Waals surface area contributed by atoms with Gasteiger partial charge in [0, 0.05) is 6.54 Å². The smallest absolute Gasteiger partial charge is 0.326 e. The molecular formula is C10H17N3O4. The topological polar surface area (TPSA) is 108 Å². The Balaban J connectivity index is 2.53. The number of carboxylic acids is 1. The van der Waals surface area contributed by atoms with Gasteiger partial charge < -0.3 is 15.7 Å². The second-order valence-electron chi connectivity index (χ2n) is 4.31. The van der Waals surface area contributed by atoms with E-state index in [9.17, 15) is 14.4 Å². The van der Waals surface area contributed by atoms with Gasteiger partial charge in [-0.3, -0.25) is 14.9 Å². The van der Waals surface area contributed by atoms with Gasteiger partial charge in [0.15, 0.2) is 0 Å². The molecular weight excluding hydrogens is 226 g/mol. The summed E-state index contributed by atoms with van der Waals surface area (Å²) in [7, 11) is 0. The number of hydrogen-bond acceptors (Lipinski definition) is 4. The zero-order valence-electron chi connectivity index (χ0n) is 9.82. The minimum absolute atomic E-state index is 0.0670. The van der Waals surface area contributed by atoms with Crippen molar-refractivity contribution in [3.05, 3.63) is 0 Å². The lowest BCUT2D eigenvalue weighted by Crippen LogP contribution is -2.60. The van der Waals surface area contributed by atoms with Crippen LogP contribution >= 0.6 is 0 Å². The summed E-state index contributed by atoms with van der Waals surface area (Å²) in [4.78, 5) is 33.5. The first-order valence-corrected chi connectivity index (χ1v) is 5.45. The summed E-state index contributed by atoms with van der Waals surface area (Å²) in [5.41, 5.74) is 0. The lowest BCUT2D eigenvalue weighted by Gasteiger charge is -2.26. The van der Waals surface area contributed by atoms with E-state index in [-0.39, 0.29) is 24.9 Å². The molecule has 0 aliphatic carbocycles. The summed E-state index contributed by atoms with van der Waals surface area (Å²) in [6.45, 7) is 3.68. The van der Waals surface area contributed by atoms with Crippen LogP contribution in [0.3, 0.4) is 0 Å². The summed E-state index contributed by atoms with van der Waals surface area (Å²) in [6.07, 6.45) is 0. The van der Waals surface area contributed by atoms with Crippen LogP contribution in [0.5, 0.6) is 0 Å². The van der Waals surface area contributed by atoms with Gasteiger partial charge in [-0.25, -0.2) is 4.79 Å². The molecule has 96 valence electrons. The van der Waals surface area contributed by atoms with Gasteiger partial charge in [0.1, 0.15) is 12.1 Å². The number of nitrogens with one attached hydrogen (secondary N) is 3. The molecule has 0 aromatic rings. The molecule has 4 N–H and O–H groups in total. The molecule has 1 unspecified atom stereocenters. The van der Waals surface area contributed by atoms with E-state index in [0.29, 0.717) is 0 Å². The van der Waals surface area contributed by atoms with Crippen LogP contribution in [0.4, 0.5) is 0 Å². The van der Waals surface area contributed by atoms with Gasteiger partial charge in [0.25, 0.3) is 0 Å². The Bertz CT molecular complexity index is 320. The van der Waals surface area contributed by atoms with E-state index in [4.69, 9.17) is 5.11 Å². The number of carboxylic acid groups (broad SMARTS) is 1. The fourth-order valence-corrected chi connectivity index (χ4v) is 1.52. The Morgan fingerprint density at radius 2 is 2.12 bits per heavy atom. The van der Waals surface area contributed by atoms with Crippen LogP contribution in [0.25, 0.3) is 0 Å². The molecule has 1 heterocycles. The van der Waals surface area contributed by atoms with Gasteiger partial charge in [-0.15, -0.1) is 0 Å². The molecule has 0 spiro atoms. The first-order valence-electron chi connectivity index (χ1n) is 5.45. The molecule has 17 heavy (non-hydrogen) atoms. The molecule has 1 fully saturated rings. The predicted molar refractivity (Wildman–Crippen MR) is 59.2 cm³/mol. The van der Waals surface area contributed by atoms with Gasteiger partial charge >= 0.3 is 5.97 Å². The van der Waals surface area contributed by atoms with Gasteiger partial charge in [-0.05, 0) is 5.92 Å². The Morgan fingerprint density at radius 1 is 1.47 bits per heavy atom. The SMILES string of the molecule is CC(C)[C@@H](NC(=O)C1CNC(=O)CN1)C(=O)O. The molecule has 0 bridgehead atoms. The van der Waals surface area contributed by atoms with Gasteiger partial charge in [0.2, 0.25) is 11.8 Å². The van der Waals surface area contributed by atoms with E-state index in [0.717, 1.165) is 0 Å². The third-order valence-corrected chi connectivity index (χ3v) is 2.56. The maximum atomic E-state index is 11.7. The predicted octanol–water partition coefficient (Wildman–Crippen LogP) is -1.70. The van der Waals surface area contributed by atoms with Crippen molar-refractivity contribution in [1.29, 1.82) is 0 Å². The third kappa shape index (κ3) is 3.70. The van der Waals surface area contributed by atoms with Crippen molar-refractivity contribution < 1.29 is 19.5 Å². The van der Waals surface area contributed by atoms with Crippen molar-refractivity contribution in [3.63, 3.8) is 0 Å². The van der Waals surface area contributed by atoms with E-state index < -0.39 is 24.0 Å². The molecule has 1 rings (SSSR count). The van der Waals surface area contributed by atoms with E-state index in [1.165, 1.54) is 0 Å². The molecule has 2 amide bonds. The number of carbonyl (C=O) groups is 3. The van der Waals surface area contributed by atoms with Crippen LogP contribution in [0.15, 0.2) is 0 Å². The highest BCUT2D eigenvalue weighted by Gasteiger charge is 2.29. The standard InChI is InChI=1S/C10H17N3O4/c1-5(2)8(10(16)17)13-9(15)6-3-12-7(14)4-11-6/h5-6,8,11H,3-4H2,1-2H3,(H,12,14)(H,13,15)(H,16,17)/t6?,8-/m1/s1. The molecule has 1 aliphatic rings. The highest BCUT2D eigenvalue weighted by Crippen LogP contribution is 2.02. The second-order valence-corrected chi connectivity index (χ2v) is 4.31. The Morgan fingerprint density at radius 3 is 2.53 bits per heavy atom. The monoisotopic (exact) mass is 243 g/mol. The number of carbonyl (C=O) groups excluding carboxylic acids is 2. The lowest BCUT2D eigenvalue weighted by atomic mass is 10.0. The summed E-state index contributed by atoms with van der Waals surface area (Å²) in [6, 6.07) is -1.49. The molecule has 0 aromatic heterocycles. The number of amides is 2. The van der Waals surface area contributed by atoms with Gasteiger partial charge in [-0.2, -0.15) is 0 Å². The van der Waals surface area contributed by atoms with Crippen LogP contribution in [-0.4, -0.2) is 48.1 Å².